The van der Waals surface area contributed by atoms with Gasteiger partial charge in [0.15, 0.2) is 0 Å². The molecule has 2 aliphatic rings. The Hall–Kier alpha value is -2.83. The van der Waals surface area contributed by atoms with Crippen LogP contribution in [0.15, 0.2) is 23.0 Å². The van der Waals surface area contributed by atoms with Gasteiger partial charge in [0.2, 0.25) is 0 Å². The zero-order chi connectivity index (χ0) is 17.0. The molecule has 0 aliphatic heterocycles. The predicted molar refractivity (Wildman–Crippen MR) is 90.5 cm³/mol. The highest BCUT2D eigenvalue weighted by molar-refractivity contribution is 6.12. The van der Waals surface area contributed by atoms with Gasteiger partial charge in [0.1, 0.15) is 5.82 Å². The molecule has 2 aliphatic carbocycles. The maximum atomic E-state index is 12.8. The summed E-state index contributed by atoms with van der Waals surface area (Å²) < 4.78 is 5.29. The van der Waals surface area contributed by atoms with Gasteiger partial charge in [-0.25, -0.2) is 15.0 Å². The van der Waals surface area contributed by atoms with Crippen molar-refractivity contribution in [2.24, 2.45) is 0 Å². The van der Waals surface area contributed by atoms with Crippen molar-refractivity contribution in [3.63, 3.8) is 0 Å². The smallest absolute Gasteiger partial charge is 0.259 e. The number of anilines is 1. The van der Waals surface area contributed by atoms with Crippen LogP contribution in [0.1, 0.15) is 65.1 Å². The van der Waals surface area contributed by atoms with E-state index in [2.05, 4.69) is 25.4 Å². The van der Waals surface area contributed by atoms with E-state index in [1.54, 1.807) is 12.4 Å². The van der Waals surface area contributed by atoms with Crippen LogP contribution < -0.4 is 5.32 Å². The molecule has 3 heterocycles. The standard InChI is InChI=1S/C18H17N5O2/c1-9-15-13(6-14(10-2-3-10)22-18(15)25-23-9)17(24)21-12-7-19-16(20-8-12)11-4-5-11/h6-8,10-11H,2-5H2,1H3,(H,21,24). The zero-order valence-electron chi connectivity index (χ0n) is 13.8. The van der Waals surface area contributed by atoms with Gasteiger partial charge in [0.25, 0.3) is 11.6 Å². The van der Waals surface area contributed by atoms with Gasteiger partial charge < -0.3 is 9.84 Å². The number of amides is 1. The largest absolute Gasteiger partial charge is 0.336 e. The lowest BCUT2D eigenvalue weighted by molar-refractivity contribution is 0.102. The van der Waals surface area contributed by atoms with Gasteiger partial charge in [0, 0.05) is 17.5 Å². The summed E-state index contributed by atoms with van der Waals surface area (Å²) in [6.45, 7) is 1.81. The fraction of sp³-hybridized carbons (Fsp3) is 0.389. The van der Waals surface area contributed by atoms with Crippen molar-refractivity contribution >= 4 is 22.7 Å². The molecule has 0 radical (unpaired) electrons. The number of hydrogen-bond donors (Lipinski definition) is 1. The first-order valence-corrected chi connectivity index (χ1v) is 8.59. The van der Waals surface area contributed by atoms with Crippen LogP contribution in [0.2, 0.25) is 0 Å². The van der Waals surface area contributed by atoms with Crippen LogP contribution in [-0.4, -0.2) is 26.0 Å². The summed E-state index contributed by atoms with van der Waals surface area (Å²) in [6.07, 6.45) is 7.83. The predicted octanol–water partition coefficient (Wildman–Crippen LogP) is 3.33. The van der Waals surface area contributed by atoms with Crippen LogP contribution in [0, 0.1) is 6.92 Å². The van der Waals surface area contributed by atoms with E-state index in [-0.39, 0.29) is 5.91 Å². The Morgan fingerprint density at radius 3 is 2.56 bits per heavy atom. The summed E-state index contributed by atoms with van der Waals surface area (Å²) in [5, 5.41) is 7.51. The third kappa shape index (κ3) is 2.65. The molecular weight excluding hydrogens is 318 g/mol. The number of carbonyl (C=O) groups excluding carboxylic acids is 1. The molecule has 0 spiro atoms. The molecule has 0 saturated heterocycles. The summed E-state index contributed by atoms with van der Waals surface area (Å²) in [5.74, 6) is 1.55. The van der Waals surface area contributed by atoms with Crippen molar-refractivity contribution < 1.29 is 9.32 Å². The normalized spacial score (nSPS) is 17.0. The molecule has 2 fully saturated rings. The topological polar surface area (TPSA) is 93.8 Å². The molecule has 3 aromatic heterocycles. The van der Waals surface area contributed by atoms with Crippen molar-refractivity contribution in [3.05, 3.63) is 41.2 Å². The number of nitrogens with one attached hydrogen (secondary N) is 1. The van der Waals surface area contributed by atoms with Crippen LogP contribution in [0.5, 0.6) is 0 Å². The van der Waals surface area contributed by atoms with E-state index >= 15 is 0 Å². The second-order valence-corrected chi connectivity index (χ2v) is 6.88. The highest BCUT2D eigenvalue weighted by Crippen LogP contribution is 2.40. The SMILES string of the molecule is Cc1noc2nc(C3CC3)cc(C(=O)Nc3cnc(C4CC4)nc3)c12. The molecule has 1 amide bonds. The Morgan fingerprint density at radius 1 is 1.16 bits per heavy atom. The molecule has 25 heavy (non-hydrogen) atoms. The van der Waals surface area contributed by atoms with Gasteiger partial charge in [-0.05, 0) is 38.7 Å². The Balaban J connectivity index is 1.48. The lowest BCUT2D eigenvalue weighted by atomic mass is 10.1. The molecule has 2 saturated carbocycles. The molecule has 0 atom stereocenters. The maximum Gasteiger partial charge on any atom is 0.259 e. The number of pyridine rings is 1. The van der Waals surface area contributed by atoms with Gasteiger partial charge in [-0.2, -0.15) is 0 Å². The maximum absolute atomic E-state index is 12.8. The average molecular weight is 335 g/mol. The van der Waals surface area contributed by atoms with Crippen molar-refractivity contribution in [1.29, 1.82) is 0 Å². The molecule has 7 heteroatoms. The highest BCUT2D eigenvalue weighted by Gasteiger charge is 2.29. The summed E-state index contributed by atoms with van der Waals surface area (Å²) >= 11 is 0. The van der Waals surface area contributed by atoms with Crippen LogP contribution in [0.3, 0.4) is 0 Å². The average Bonchev–Trinajstić information content (AvgIpc) is 3.53. The second-order valence-electron chi connectivity index (χ2n) is 6.88. The van der Waals surface area contributed by atoms with Crippen LogP contribution in [0.4, 0.5) is 5.69 Å². The minimum absolute atomic E-state index is 0.219. The first kappa shape index (κ1) is 14.5. The molecule has 1 N–H and O–H groups in total. The summed E-state index contributed by atoms with van der Waals surface area (Å²) in [4.78, 5) is 26.0. The molecular formula is C18H17N5O2. The second kappa shape index (κ2) is 5.34. The third-order valence-corrected chi connectivity index (χ3v) is 4.75. The number of carbonyl (C=O) groups is 1. The number of hydrogen-bond acceptors (Lipinski definition) is 6. The minimum Gasteiger partial charge on any atom is -0.336 e. The molecule has 7 nitrogen and oxygen atoms in total. The van der Waals surface area contributed by atoms with E-state index in [0.717, 1.165) is 37.2 Å². The van der Waals surface area contributed by atoms with Gasteiger partial charge >= 0.3 is 0 Å². The van der Waals surface area contributed by atoms with Crippen molar-refractivity contribution in [1.82, 2.24) is 20.1 Å². The van der Waals surface area contributed by atoms with Gasteiger partial charge in [0.05, 0.1) is 34.7 Å². The first-order valence-electron chi connectivity index (χ1n) is 8.59. The minimum atomic E-state index is -0.219. The molecule has 126 valence electrons. The van der Waals surface area contributed by atoms with E-state index in [0.29, 0.717) is 39.9 Å². The Bertz CT molecular complexity index is 971. The lowest BCUT2D eigenvalue weighted by Crippen LogP contribution is -2.14. The molecule has 3 aromatic rings. The Labute approximate surface area is 143 Å². The van der Waals surface area contributed by atoms with E-state index < -0.39 is 0 Å². The number of nitrogens with zero attached hydrogens (tertiary/aromatic N) is 4. The van der Waals surface area contributed by atoms with Crippen LogP contribution >= 0.6 is 0 Å². The summed E-state index contributed by atoms with van der Waals surface area (Å²) in [6, 6.07) is 1.86. The number of aromatic nitrogens is 4. The Morgan fingerprint density at radius 2 is 1.88 bits per heavy atom. The van der Waals surface area contributed by atoms with Crippen molar-refractivity contribution in [2.75, 3.05) is 5.32 Å². The molecule has 0 unspecified atom stereocenters. The fourth-order valence-corrected chi connectivity index (χ4v) is 3.03. The van der Waals surface area contributed by atoms with Crippen LogP contribution in [-0.2, 0) is 0 Å². The summed E-state index contributed by atoms with van der Waals surface area (Å²) in [5.41, 5.74) is 3.11. The van der Waals surface area contributed by atoms with Crippen molar-refractivity contribution in [3.8, 4) is 0 Å². The number of rotatable bonds is 4. The lowest BCUT2D eigenvalue weighted by Gasteiger charge is -2.08. The molecule has 0 bridgehead atoms. The fourth-order valence-electron chi connectivity index (χ4n) is 3.03. The van der Waals surface area contributed by atoms with E-state index in [4.69, 9.17) is 4.52 Å². The molecule has 0 aromatic carbocycles. The Kier molecular flexibility index (Phi) is 3.10. The van der Waals surface area contributed by atoms with E-state index in [9.17, 15) is 4.79 Å². The number of aryl methyl sites for hydroxylation is 1. The highest BCUT2D eigenvalue weighted by atomic mass is 16.5. The quantitative estimate of drug-likeness (QED) is 0.786. The summed E-state index contributed by atoms with van der Waals surface area (Å²) in [7, 11) is 0. The first-order chi connectivity index (χ1) is 12.2. The monoisotopic (exact) mass is 335 g/mol. The van der Waals surface area contributed by atoms with E-state index in [1.807, 2.05) is 13.0 Å². The van der Waals surface area contributed by atoms with Crippen LogP contribution in [0.25, 0.3) is 11.1 Å². The number of fused-ring (bicyclic) bond motifs is 1. The van der Waals surface area contributed by atoms with Crippen molar-refractivity contribution in [2.45, 2.75) is 44.4 Å². The van der Waals surface area contributed by atoms with E-state index in [1.165, 1.54) is 0 Å². The third-order valence-electron chi connectivity index (χ3n) is 4.75. The van der Waals surface area contributed by atoms with Gasteiger partial charge in [-0.15, -0.1) is 0 Å². The van der Waals surface area contributed by atoms with Gasteiger partial charge in [-0.3, -0.25) is 4.79 Å². The molecule has 5 rings (SSSR count). The zero-order valence-corrected chi connectivity index (χ0v) is 13.8. The van der Waals surface area contributed by atoms with Gasteiger partial charge in [-0.1, -0.05) is 5.16 Å².